The molecule has 0 N–H and O–H groups in total. The zero-order chi connectivity index (χ0) is 9.14. The van der Waals surface area contributed by atoms with Gasteiger partial charge in [-0.3, -0.25) is 4.98 Å². The smallest absolute Gasteiger partial charge is 0.0375 e. The topological polar surface area (TPSA) is 12.9 Å². The van der Waals surface area contributed by atoms with Crippen LogP contribution in [0.4, 0.5) is 0 Å². The summed E-state index contributed by atoms with van der Waals surface area (Å²) < 4.78 is 0. The Morgan fingerprint density at radius 1 is 1.42 bits per heavy atom. The largest absolute Gasteiger partial charge is 0.261 e. The third-order valence-electron chi connectivity index (χ3n) is 2.11. The van der Waals surface area contributed by atoms with Crippen LogP contribution in [0.1, 0.15) is 30.7 Å². The van der Waals surface area contributed by atoms with E-state index in [9.17, 15) is 0 Å². The quantitative estimate of drug-likeness (QED) is 0.616. The van der Waals surface area contributed by atoms with E-state index in [-0.39, 0.29) is 0 Å². The first kappa shape index (κ1) is 8.98. The Morgan fingerprint density at radius 2 is 2.08 bits per heavy atom. The van der Waals surface area contributed by atoms with Gasteiger partial charge < -0.3 is 0 Å². The summed E-state index contributed by atoms with van der Waals surface area (Å²) in [6, 6.07) is 2.11. The van der Waals surface area contributed by atoms with Gasteiger partial charge in [-0.25, -0.2) is 0 Å². The lowest BCUT2D eigenvalue weighted by Gasteiger charge is -2.05. The van der Waals surface area contributed by atoms with E-state index in [4.69, 9.17) is 0 Å². The fourth-order valence-corrected chi connectivity index (χ4v) is 1.26. The molecule has 12 heavy (non-hydrogen) atoms. The highest BCUT2D eigenvalue weighted by molar-refractivity contribution is 5.65. The third kappa shape index (κ3) is 1.73. The average molecular weight is 161 g/mol. The van der Waals surface area contributed by atoms with Crippen LogP contribution in [0, 0.1) is 13.8 Å². The Bertz CT molecular complexity index is 311. The molecule has 0 radical (unpaired) electrons. The van der Waals surface area contributed by atoms with Gasteiger partial charge in [-0.15, -0.1) is 0 Å². The summed E-state index contributed by atoms with van der Waals surface area (Å²) in [4.78, 5) is 4.27. The van der Waals surface area contributed by atoms with E-state index in [0.29, 0.717) is 0 Å². The fourth-order valence-electron chi connectivity index (χ4n) is 1.26. The predicted molar refractivity (Wildman–Crippen MR) is 53.0 cm³/mol. The summed E-state index contributed by atoms with van der Waals surface area (Å²) in [5.41, 5.74) is 4.93. The van der Waals surface area contributed by atoms with Crippen molar-refractivity contribution < 1.29 is 0 Å². The van der Waals surface area contributed by atoms with Crippen molar-refractivity contribution in [1.29, 1.82) is 0 Å². The van der Waals surface area contributed by atoms with E-state index in [1.807, 2.05) is 13.1 Å². The number of pyridine rings is 1. The second kappa shape index (κ2) is 3.53. The number of hydrogen-bond acceptors (Lipinski definition) is 1. The highest BCUT2D eigenvalue weighted by atomic mass is 14.7. The molecule has 0 aliphatic rings. The van der Waals surface area contributed by atoms with Crippen LogP contribution in [0.2, 0.25) is 0 Å². The minimum Gasteiger partial charge on any atom is -0.261 e. The van der Waals surface area contributed by atoms with E-state index in [1.165, 1.54) is 16.7 Å². The molecule has 0 fully saturated rings. The van der Waals surface area contributed by atoms with Crippen molar-refractivity contribution in [3.8, 4) is 0 Å². The molecule has 0 bridgehead atoms. The Kier molecular flexibility index (Phi) is 2.64. The normalized spacial score (nSPS) is 11.8. The van der Waals surface area contributed by atoms with Gasteiger partial charge in [0.15, 0.2) is 0 Å². The van der Waals surface area contributed by atoms with Crippen LogP contribution in [-0.2, 0) is 0 Å². The Hall–Kier alpha value is -1.11. The van der Waals surface area contributed by atoms with Gasteiger partial charge in [-0.1, -0.05) is 6.08 Å². The molecule has 0 amide bonds. The summed E-state index contributed by atoms with van der Waals surface area (Å²) in [7, 11) is 0. The number of rotatable bonds is 1. The van der Waals surface area contributed by atoms with Crippen molar-refractivity contribution in [2.45, 2.75) is 27.7 Å². The molecule has 0 spiro atoms. The van der Waals surface area contributed by atoms with Gasteiger partial charge >= 0.3 is 0 Å². The molecule has 1 heteroatoms. The molecule has 1 aromatic heterocycles. The lowest BCUT2D eigenvalue weighted by atomic mass is 10.0. The summed E-state index contributed by atoms with van der Waals surface area (Å²) in [5.74, 6) is 0. The second-order valence-corrected chi connectivity index (χ2v) is 3.11. The van der Waals surface area contributed by atoms with Crippen molar-refractivity contribution in [2.24, 2.45) is 0 Å². The van der Waals surface area contributed by atoms with E-state index in [0.717, 1.165) is 5.69 Å². The molecule has 0 saturated heterocycles. The van der Waals surface area contributed by atoms with Crippen LogP contribution in [0.3, 0.4) is 0 Å². The molecule has 1 heterocycles. The van der Waals surface area contributed by atoms with Crippen molar-refractivity contribution >= 4 is 5.57 Å². The second-order valence-electron chi connectivity index (χ2n) is 3.11. The number of hydrogen-bond donors (Lipinski definition) is 0. The van der Waals surface area contributed by atoms with Crippen LogP contribution < -0.4 is 0 Å². The molecule has 0 aromatic carbocycles. The van der Waals surface area contributed by atoms with E-state index < -0.39 is 0 Å². The first-order valence-corrected chi connectivity index (χ1v) is 4.21. The van der Waals surface area contributed by atoms with Crippen molar-refractivity contribution in [1.82, 2.24) is 4.98 Å². The number of aromatic nitrogens is 1. The molecule has 0 aliphatic heterocycles. The van der Waals surface area contributed by atoms with E-state index in [1.54, 1.807) is 0 Å². The zero-order valence-electron chi connectivity index (χ0n) is 8.18. The maximum absolute atomic E-state index is 4.27. The van der Waals surface area contributed by atoms with Gasteiger partial charge in [-0.2, -0.15) is 0 Å². The Balaban J connectivity index is 3.18. The molecule has 64 valence electrons. The number of allylic oxidation sites excluding steroid dienone is 2. The highest BCUT2D eigenvalue weighted by Crippen LogP contribution is 2.17. The molecule has 1 aromatic rings. The maximum Gasteiger partial charge on any atom is 0.0375 e. The third-order valence-corrected chi connectivity index (χ3v) is 2.11. The summed E-state index contributed by atoms with van der Waals surface area (Å²) in [6.07, 6.45) is 4.05. The van der Waals surface area contributed by atoms with Crippen LogP contribution in [-0.4, -0.2) is 4.98 Å². The standard InChI is InChI=1S/C11H15N/c1-5-8(2)11-7-12-10(4)6-9(11)3/h5-7H,1-4H3/b8-5-. The lowest BCUT2D eigenvalue weighted by molar-refractivity contribution is 1.16. The first-order valence-electron chi connectivity index (χ1n) is 4.21. The molecule has 0 unspecified atom stereocenters. The molecule has 1 rings (SSSR count). The van der Waals surface area contributed by atoms with Crippen molar-refractivity contribution in [2.75, 3.05) is 0 Å². The van der Waals surface area contributed by atoms with Crippen LogP contribution in [0.15, 0.2) is 18.3 Å². The van der Waals surface area contributed by atoms with Crippen LogP contribution in [0.5, 0.6) is 0 Å². The maximum atomic E-state index is 4.27. The summed E-state index contributed by atoms with van der Waals surface area (Å²) >= 11 is 0. The summed E-state index contributed by atoms with van der Waals surface area (Å²) in [6.45, 7) is 8.30. The Morgan fingerprint density at radius 3 is 2.58 bits per heavy atom. The average Bonchev–Trinajstić information content (AvgIpc) is 2.03. The van der Waals surface area contributed by atoms with Gasteiger partial charge in [0.1, 0.15) is 0 Å². The zero-order valence-corrected chi connectivity index (χ0v) is 8.18. The molecule has 0 aliphatic carbocycles. The van der Waals surface area contributed by atoms with Crippen molar-refractivity contribution in [3.05, 3.63) is 35.2 Å². The van der Waals surface area contributed by atoms with Gasteiger partial charge in [0.25, 0.3) is 0 Å². The first-order chi connectivity index (χ1) is 5.65. The molecular weight excluding hydrogens is 146 g/mol. The van der Waals surface area contributed by atoms with E-state index >= 15 is 0 Å². The van der Waals surface area contributed by atoms with Crippen LogP contribution >= 0.6 is 0 Å². The van der Waals surface area contributed by atoms with Crippen LogP contribution in [0.25, 0.3) is 5.57 Å². The summed E-state index contributed by atoms with van der Waals surface area (Å²) in [5, 5.41) is 0. The minimum absolute atomic E-state index is 1.08. The molecule has 0 atom stereocenters. The lowest BCUT2D eigenvalue weighted by Crippen LogP contribution is -1.89. The monoisotopic (exact) mass is 161 g/mol. The van der Waals surface area contributed by atoms with Gasteiger partial charge in [0, 0.05) is 11.9 Å². The number of aryl methyl sites for hydroxylation is 2. The van der Waals surface area contributed by atoms with E-state index in [2.05, 4.69) is 37.9 Å². The fraction of sp³-hybridized carbons (Fsp3) is 0.364. The van der Waals surface area contributed by atoms with Gasteiger partial charge in [-0.05, 0) is 50.5 Å². The minimum atomic E-state index is 1.08. The predicted octanol–water partition coefficient (Wildman–Crippen LogP) is 3.12. The van der Waals surface area contributed by atoms with Crippen molar-refractivity contribution in [3.63, 3.8) is 0 Å². The van der Waals surface area contributed by atoms with Gasteiger partial charge in [0.2, 0.25) is 0 Å². The SMILES string of the molecule is C/C=C(/C)c1cnc(C)cc1C. The number of nitrogens with zero attached hydrogens (tertiary/aromatic N) is 1. The molecular formula is C11H15N. The Labute approximate surface area is 74.2 Å². The molecule has 1 nitrogen and oxygen atoms in total. The molecule has 0 saturated carbocycles. The highest BCUT2D eigenvalue weighted by Gasteiger charge is 1.99. The van der Waals surface area contributed by atoms with Gasteiger partial charge in [0.05, 0.1) is 0 Å².